The number of nitrogens with zero attached hydrogens (tertiary/aromatic N) is 1. The Morgan fingerprint density at radius 2 is 1.41 bits per heavy atom. The number of hydrogen-bond acceptors (Lipinski definition) is 3. The van der Waals surface area contributed by atoms with Crippen LogP contribution in [0.5, 0.6) is 11.5 Å². The SMILES string of the molecule is CCC/N=C/c1cccc(O[Si](C)(C)C(C)(C)C)c1O[Si](C)(C)C(C)(C)C. The number of aliphatic imine (C=N–C) groups is 1. The van der Waals surface area contributed by atoms with Gasteiger partial charge < -0.3 is 8.85 Å². The number of para-hydroxylation sites is 1. The Bertz CT molecular complexity index is 653. The highest BCUT2D eigenvalue weighted by molar-refractivity contribution is 6.75. The third-order valence-electron chi connectivity index (χ3n) is 5.93. The normalized spacial score (nSPS) is 13.9. The van der Waals surface area contributed by atoms with Crippen LogP contribution in [-0.2, 0) is 0 Å². The molecule has 0 heterocycles. The van der Waals surface area contributed by atoms with Crippen LogP contribution >= 0.6 is 0 Å². The van der Waals surface area contributed by atoms with Gasteiger partial charge in [-0.1, -0.05) is 54.5 Å². The second-order valence-corrected chi connectivity index (χ2v) is 19.9. The maximum absolute atomic E-state index is 6.76. The Balaban J connectivity index is 3.44. The molecule has 0 aliphatic carbocycles. The topological polar surface area (TPSA) is 30.8 Å². The third kappa shape index (κ3) is 6.21. The van der Waals surface area contributed by atoms with Gasteiger partial charge in [-0.2, -0.15) is 0 Å². The van der Waals surface area contributed by atoms with Gasteiger partial charge >= 0.3 is 0 Å². The van der Waals surface area contributed by atoms with Gasteiger partial charge in [0.2, 0.25) is 0 Å². The molecule has 0 atom stereocenters. The summed E-state index contributed by atoms with van der Waals surface area (Å²) in [4.78, 5) is 4.57. The Morgan fingerprint density at radius 3 is 1.89 bits per heavy atom. The first kappa shape index (κ1) is 24.0. The average Bonchev–Trinajstić information content (AvgIpc) is 2.47. The predicted molar refractivity (Wildman–Crippen MR) is 125 cm³/mol. The highest BCUT2D eigenvalue weighted by Crippen LogP contribution is 2.44. The van der Waals surface area contributed by atoms with Gasteiger partial charge in [0.15, 0.2) is 5.75 Å². The minimum absolute atomic E-state index is 0.120. The Morgan fingerprint density at radius 1 is 0.889 bits per heavy atom. The lowest BCUT2D eigenvalue weighted by Crippen LogP contribution is -2.46. The maximum atomic E-state index is 6.76. The van der Waals surface area contributed by atoms with Crippen molar-refractivity contribution in [2.75, 3.05) is 6.54 Å². The molecule has 0 bridgehead atoms. The van der Waals surface area contributed by atoms with Gasteiger partial charge in [0.1, 0.15) is 5.75 Å². The van der Waals surface area contributed by atoms with Gasteiger partial charge in [-0.3, -0.25) is 4.99 Å². The number of hydrogen-bond donors (Lipinski definition) is 0. The summed E-state index contributed by atoms with van der Waals surface area (Å²) >= 11 is 0. The van der Waals surface area contributed by atoms with Crippen LogP contribution < -0.4 is 8.85 Å². The lowest BCUT2D eigenvalue weighted by Gasteiger charge is -2.40. The van der Waals surface area contributed by atoms with Crippen molar-refractivity contribution in [3.05, 3.63) is 23.8 Å². The molecule has 0 saturated heterocycles. The van der Waals surface area contributed by atoms with Crippen LogP contribution in [0, 0.1) is 0 Å². The molecule has 1 aromatic carbocycles. The van der Waals surface area contributed by atoms with E-state index in [4.69, 9.17) is 8.85 Å². The van der Waals surface area contributed by atoms with Crippen molar-refractivity contribution in [2.45, 2.75) is 91.2 Å². The molecule has 0 radical (unpaired) electrons. The first-order chi connectivity index (χ1) is 12.1. The van der Waals surface area contributed by atoms with Crippen LogP contribution in [0.3, 0.4) is 0 Å². The molecule has 0 fully saturated rings. The summed E-state index contributed by atoms with van der Waals surface area (Å²) in [5.41, 5.74) is 1.02. The maximum Gasteiger partial charge on any atom is 0.250 e. The van der Waals surface area contributed by atoms with Crippen LogP contribution in [0.15, 0.2) is 23.2 Å². The van der Waals surface area contributed by atoms with E-state index in [1.54, 1.807) is 0 Å². The molecule has 27 heavy (non-hydrogen) atoms. The van der Waals surface area contributed by atoms with E-state index >= 15 is 0 Å². The van der Waals surface area contributed by atoms with Crippen molar-refractivity contribution >= 4 is 22.8 Å². The van der Waals surface area contributed by atoms with Gasteiger partial charge in [0, 0.05) is 18.3 Å². The van der Waals surface area contributed by atoms with Crippen LogP contribution in [0.2, 0.25) is 36.3 Å². The zero-order valence-electron chi connectivity index (χ0n) is 19.5. The first-order valence-corrected chi connectivity index (χ1v) is 15.9. The zero-order chi connectivity index (χ0) is 21.1. The molecular formula is C22H41NO2Si2. The summed E-state index contributed by atoms with van der Waals surface area (Å²) in [6, 6.07) is 6.19. The summed E-state index contributed by atoms with van der Waals surface area (Å²) in [7, 11) is -3.97. The van der Waals surface area contributed by atoms with Crippen molar-refractivity contribution in [1.82, 2.24) is 0 Å². The quantitative estimate of drug-likeness (QED) is 0.351. The smallest absolute Gasteiger partial charge is 0.250 e. The molecule has 0 N–H and O–H groups in total. The summed E-state index contributed by atoms with van der Waals surface area (Å²) in [5.74, 6) is 1.74. The molecule has 0 unspecified atom stereocenters. The molecule has 0 aromatic heterocycles. The molecular weight excluding hydrogens is 366 g/mol. The second-order valence-electron chi connectivity index (χ2n) is 10.4. The zero-order valence-corrected chi connectivity index (χ0v) is 21.5. The molecule has 154 valence electrons. The first-order valence-electron chi connectivity index (χ1n) is 10.1. The Labute approximate surface area is 169 Å². The number of benzene rings is 1. The van der Waals surface area contributed by atoms with Gasteiger partial charge in [-0.25, -0.2) is 0 Å². The van der Waals surface area contributed by atoms with E-state index in [1.165, 1.54) is 0 Å². The molecule has 0 amide bonds. The van der Waals surface area contributed by atoms with E-state index in [2.05, 4.69) is 91.8 Å². The molecule has 3 nitrogen and oxygen atoms in total. The molecule has 0 saturated carbocycles. The van der Waals surface area contributed by atoms with Gasteiger partial charge in [-0.15, -0.1) is 0 Å². The summed E-state index contributed by atoms with van der Waals surface area (Å²) in [6.07, 6.45) is 2.99. The van der Waals surface area contributed by atoms with Crippen molar-refractivity contribution < 1.29 is 8.85 Å². The number of rotatable bonds is 7. The fourth-order valence-electron chi connectivity index (χ4n) is 1.95. The van der Waals surface area contributed by atoms with E-state index in [0.717, 1.165) is 30.0 Å². The monoisotopic (exact) mass is 407 g/mol. The lowest BCUT2D eigenvalue weighted by atomic mass is 10.2. The molecule has 1 rings (SSSR count). The van der Waals surface area contributed by atoms with E-state index in [-0.39, 0.29) is 10.1 Å². The molecule has 0 aliphatic rings. The second kappa shape index (κ2) is 8.52. The lowest BCUT2D eigenvalue weighted by molar-refractivity contribution is 0.440. The fourth-order valence-corrected chi connectivity index (χ4v) is 4.00. The molecule has 0 spiro atoms. The van der Waals surface area contributed by atoms with Gasteiger partial charge in [0.05, 0.1) is 0 Å². The van der Waals surface area contributed by atoms with Gasteiger partial charge in [0.25, 0.3) is 16.6 Å². The minimum Gasteiger partial charge on any atom is -0.541 e. The Hall–Kier alpha value is -1.08. The Kier molecular flexibility index (Phi) is 7.56. The van der Waals surface area contributed by atoms with Crippen molar-refractivity contribution in [2.24, 2.45) is 4.99 Å². The van der Waals surface area contributed by atoms with Crippen molar-refractivity contribution in [3.63, 3.8) is 0 Å². The average molecular weight is 408 g/mol. The van der Waals surface area contributed by atoms with E-state index in [1.807, 2.05) is 12.3 Å². The van der Waals surface area contributed by atoms with Crippen molar-refractivity contribution in [1.29, 1.82) is 0 Å². The van der Waals surface area contributed by atoms with Crippen molar-refractivity contribution in [3.8, 4) is 11.5 Å². The van der Waals surface area contributed by atoms with Crippen LogP contribution in [-0.4, -0.2) is 29.4 Å². The summed E-state index contributed by atoms with van der Waals surface area (Å²) < 4.78 is 13.4. The minimum atomic E-state index is -2.00. The summed E-state index contributed by atoms with van der Waals surface area (Å²) in [5, 5.41) is 0.252. The van der Waals surface area contributed by atoms with Gasteiger partial charge in [-0.05, 0) is 54.8 Å². The van der Waals surface area contributed by atoms with E-state index in [9.17, 15) is 0 Å². The summed E-state index contributed by atoms with van der Waals surface area (Å²) in [6.45, 7) is 25.7. The standard InChI is InChI=1S/C22H41NO2Si2/c1-12-16-23-17-18-14-13-15-19(24-26(8,9)21(2,3)4)20(18)25-27(10,11)22(5,6)7/h13-15,17H,12,16H2,1-11H3/b23-17+. The highest BCUT2D eigenvalue weighted by Gasteiger charge is 2.42. The molecule has 0 aliphatic heterocycles. The van der Waals surface area contributed by atoms with Crippen LogP contribution in [0.4, 0.5) is 0 Å². The third-order valence-corrected chi connectivity index (χ3v) is 14.6. The molecule has 1 aromatic rings. The van der Waals surface area contributed by atoms with Crippen LogP contribution in [0.25, 0.3) is 0 Å². The fraction of sp³-hybridized carbons (Fsp3) is 0.682. The van der Waals surface area contributed by atoms with E-state index < -0.39 is 16.6 Å². The van der Waals surface area contributed by atoms with E-state index in [0.29, 0.717) is 0 Å². The van der Waals surface area contributed by atoms with Crippen LogP contribution in [0.1, 0.15) is 60.5 Å². The highest BCUT2D eigenvalue weighted by atomic mass is 28.4. The molecule has 5 heteroatoms. The largest absolute Gasteiger partial charge is 0.541 e. The predicted octanol–water partition coefficient (Wildman–Crippen LogP) is 7.28.